The Balaban J connectivity index is 1.51. The lowest BCUT2D eigenvalue weighted by molar-refractivity contribution is -0.121. The number of hydrogen-bond donors (Lipinski definition) is 2. The van der Waals surface area contributed by atoms with Gasteiger partial charge in [-0.15, -0.1) is 0 Å². The van der Waals surface area contributed by atoms with Crippen molar-refractivity contribution in [2.75, 3.05) is 18.4 Å². The Bertz CT molecular complexity index is 686. The molecule has 1 saturated carbocycles. The normalized spacial score (nSPS) is 20.2. The number of nitrogens with zero attached hydrogens (tertiary/aromatic N) is 1. The Morgan fingerprint density at radius 3 is 2.90 bits per heavy atom. The average molecular weight is 285 g/mol. The van der Waals surface area contributed by atoms with Gasteiger partial charge < -0.3 is 15.1 Å². The lowest BCUT2D eigenvalue weighted by Gasteiger charge is -2.31. The zero-order valence-electron chi connectivity index (χ0n) is 12.1. The summed E-state index contributed by atoms with van der Waals surface area (Å²) in [5.41, 5.74) is 2.41. The third-order valence-corrected chi connectivity index (χ3v) is 4.53. The van der Waals surface area contributed by atoms with Gasteiger partial charge in [0.15, 0.2) is 11.5 Å². The predicted molar refractivity (Wildman–Crippen MR) is 80.1 cm³/mol. The van der Waals surface area contributed by atoms with Gasteiger partial charge in [-0.2, -0.15) is 0 Å². The molecule has 2 fully saturated rings. The molecule has 1 atom stereocenters. The highest BCUT2D eigenvalue weighted by Gasteiger charge is 2.30. The minimum atomic E-state index is 0.0266. The summed E-state index contributed by atoms with van der Waals surface area (Å²) in [7, 11) is 0. The molecule has 110 valence electrons. The standard InChI is InChI=1S/C16H19N3O2/c1-9(11-7-17-8-11)15(20)18-12-4-5-13-14(6-12)21-16(19-13)10-2-3-10/h4-6,9-11,17H,2-3,7-8H2,1H3,(H,18,20). The second-order valence-corrected chi connectivity index (χ2v) is 6.21. The van der Waals surface area contributed by atoms with E-state index in [9.17, 15) is 4.79 Å². The molecule has 1 amide bonds. The number of oxazole rings is 1. The molecule has 1 aliphatic carbocycles. The van der Waals surface area contributed by atoms with Gasteiger partial charge >= 0.3 is 0 Å². The SMILES string of the molecule is CC(C(=O)Nc1ccc2nc(C3CC3)oc2c1)C1CNC1. The van der Waals surface area contributed by atoms with Gasteiger partial charge in [-0.05, 0) is 44.0 Å². The molecule has 1 aliphatic heterocycles. The molecule has 5 heteroatoms. The first kappa shape index (κ1) is 12.8. The molecule has 0 bridgehead atoms. The second-order valence-electron chi connectivity index (χ2n) is 6.21. The van der Waals surface area contributed by atoms with Crippen molar-refractivity contribution in [3.63, 3.8) is 0 Å². The molecule has 1 saturated heterocycles. The lowest BCUT2D eigenvalue weighted by Crippen LogP contribution is -2.48. The van der Waals surface area contributed by atoms with E-state index in [1.165, 1.54) is 12.8 Å². The van der Waals surface area contributed by atoms with Crippen molar-refractivity contribution in [3.05, 3.63) is 24.1 Å². The number of fused-ring (bicyclic) bond motifs is 1. The van der Waals surface area contributed by atoms with Gasteiger partial charge in [-0.25, -0.2) is 4.98 Å². The quantitative estimate of drug-likeness (QED) is 0.905. The van der Waals surface area contributed by atoms with Crippen LogP contribution in [0.5, 0.6) is 0 Å². The van der Waals surface area contributed by atoms with Crippen LogP contribution in [-0.2, 0) is 4.79 Å². The van der Waals surface area contributed by atoms with Gasteiger partial charge in [-0.1, -0.05) is 6.92 Å². The molecule has 1 aromatic heterocycles. The smallest absolute Gasteiger partial charge is 0.227 e. The van der Waals surface area contributed by atoms with E-state index in [-0.39, 0.29) is 11.8 Å². The van der Waals surface area contributed by atoms with Crippen LogP contribution in [0.15, 0.2) is 22.6 Å². The molecule has 0 radical (unpaired) electrons. The molecular formula is C16H19N3O2. The molecule has 4 rings (SSSR count). The van der Waals surface area contributed by atoms with Gasteiger partial charge in [0.1, 0.15) is 5.52 Å². The number of benzene rings is 1. The van der Waals surface area contributed by atoms with Crippen molar-refractivity contribution in [1.82, 2.24) is 10.3 Å². The first-order valence-corrected chi connectivity index (χ1v) is 7.63. The van der Waals surface area contributed by atoms with Gasteiger partial charge in [0, 0.05) is 23.6 Å². The van der Waals surface area contributed by atoms with Crippen molar-refractivity contribution in [2.24, 2.45) is 11.8 Å². The van der Waals surface area contributed by atoms with E-state index in [0.29, 0.717) is 11.8 Å². The number of anilines is 1. The van der Waals surface area contributed by atoms with Crippen LogP contribution in [0.25, 0.3) is 11.1 Å². The summed E-state index contributed by atoms with van der Waals surface area (Å²) in [6.45, 7) is 3.85. The highest BCUT2D eigenvalue weighted by Crippen LogP contribution is 2.40. The molecule has 5 nitrogen and oxygen atoms in total. The van der Waals surface area contributed by atoms with Crippen LogP contribution in [0.1, 0.15) is 31.6 Å². The maximum Gasteiger partial charge on any atom is 0.227 e. The molecule has 2 heterocycles. The lowest BCUT2D eigenvalue weighted by atomic mass is 9.88. The van der Waals surface area contributed by atoms with Crippen LogP contribution >= 0.6 is 0 Å². The largest absolute Gasteiger partial charge is 0.440 e. The highest BCUT2D eigenvalue weighted by atomic mass is 16.3. The maximum absolute atomic E-state index is 12.2. The molecule has 1 unspecified atom stereocenters. The third kappa shape index (κ3) is 2.42. The topological polar surface area (TPSA) is 67.2 Å². The van der Waals surface area contributed by atoms with E-state index >= 15 is 0 Å². The van der Waals surface area contributed by atoms with Crippen molar-refractivity contribution in [2.45, 2.75) is 25.7 Å². The Kier molecular flexibility index (Phi) is 2.96. The highest BCUT2D eigenvalue weighted by molar-refractivity contribution is 5.94. The molecule has 0 spiro atoms. The predicted octanol–water partition coefficient (Wildman–Crippen LogP) is 2.50. The third-order valence-electron chi connectivity index (χ3n) is 4.53. The fraction of sp³-hybridized carbons (Fsp3) is 0.500. The number of aromatic nitrogens is 1. The summed E-state index contributed by atoms with van der Waals surface area (Å²) in [4.78, 5) is 16.7. The minimum absolute atomic E-state index is 0.0266. The molecule has 2 N–H and O–H groups in total. The van der Waals surface area contributed by atoms with Crippen molar-refractivity contribution < 1.29 is 9.21 Å². The summed E-state index contributed by atoms with van der Waals surface area (Å²) in [5, 5.41) is 6.18. The zero-order chi connectivity index (χ0) is 14.4. The molecule has 1 aromatic carbocycles. The van der Waals surface area contributed by atoms with Crippen molar-refractivity contribution >= 4 is 22.7 Å². The Hall–Kier alpha value is -1.88. The van der Waals surface area contributed by atoms with E-state index in [0.717, 1.165) is 35.8 Å². The van der Waals surface area contributed by atoms with Crippen LogP contribution in [-0.4, -0.2) is 24.0 Å². The second kappa shape index (κ2) is 4.84. The first-order valence-electron chi connectivity index (χ1n) is 7.63. The maximum atomic E-state index is 12.2. The Labute approximate surface area is 123 Å². The monoisotopic (exact) mass is 285 g/mol. The summed E-state index contributed by atoms with van der Waals surface area (Å²) >= 11 is 0. The number of nitrogens with one attached hydrogen (secondary N) is 2. The van der Waals surface area contributed by atoms with Gasteiger partial charge in [0.2, 0.25) is 5.91 Å². The number of carbonyl (C=O) groups excluding carboxylic acids is 1. The molecular weight excluding hydrogens is 266 g/mol. The zero-order valence-corrected chi connectivity index (χ0v) is 12.1. The number of rotatable bonds is 4. The van der Waals surface area contributed by atoms with Gasteiger partial charge in [-0.3, -0.25) is 4.79 Å². The Morgan fingerprint density at radius 2 is 2.24 bits per heavy atom. The van der Waals surface area contributed by atoms with Gasteiger partial charge in [0.05, 0.1) is 0 Å². The van der Waals surface area contributed by atoms with E-state index in [1.54, 1.807) is 0 Å². The van der Waals surface area contributed by atoms with Crippen LogP contribution in [0.4, 0.5) is 5.69 Å². The van der Waals surface area contributed by atoms with Crippen LogP contribution in [0, 0.1) is 11.8 Å². The summed E-state index contributed by atoms with van der Waals surface area (Å²) < 4.78 is 5.78. The van der Waals surface area contributed by atoms with E-state index in [1.807, 2.05) is 25.1 Å². The summed E-state index contributed by atoms with van der Waals surface area (Å²) in [6.07, 6.45) is 2.34. The molecule has 2 aromatic rings. The van der Waals surface area contributed by atoms with E-state index in [4.69, 9.17) is 4.42 Å². The van der Waals surface area contributed by atoms with Crippen LogP contribution in [0.2, 0.25) is 0 Å². The van der Waals surface area contributed by atoms with E-state index < -0.39 is 0 Å². The minimum Gasteiger partial charge on any atom is -0.440 e. The van der Waals surface area contributed by atoms with Crippen LogP contribution in [0.3, 0.4) is 0 Å². The first-order chi connectivity index (χ1) is 10.2. The average Bonchev–Trinajstić information content (AvgIpc) is 3.17. The van der Waals surface area contributed by atoms with Gasteiger partial charge in [0.25, 0.3) is 0 Å². The van der Waals surface area contributed by atoms with Crippen LogP contribution < -0.4 is 10.6 Å². The fourth-order valence-corrected chi connectivity index (χ4v) is 2.66. The van der Waals surface area contributed by atoms with E-state index in [2.05, 4.69) is 15.6 Å². The summed E-state index contributed by atoms with van der Waals surface area (Å²) in [5.74, 6) is 1.88. The molecule has 21 heavy (non-hydrogen) atoms. The number of carbonyl (C=O) groups is 1. The summed E-state index contributed by atoms with van der Waals surface area (Å²) in [6, 6.07) is 5.68. The molecule has 2 aliphatic rings. The fourth-order valence-electron chi connectivity index (χ4n) is 2.66. The van der Waals surface area contributed by atoms with Crippen molar-refractivity contribution in [3.8, 4) is 0 Å². The number of hydrogen-bond acceptors (Lipinski definition) is 4. The van der Waals surface area contributed by atoms with Crippen molar-refractivity contribution in [1.29, 1.82) is 0 Å². The Morgan fingerprint density at radius 1 is 1.43 bits per heavy atom. The number of amides is 1.